The lowest BCUT2D eigenvalue weighted by atomic mass is 9.97. The van der Waals surface area contributed by atoms with Crippen molar-refractivity contribution >= 4 is 15.9 Å². The second-order valence-corrected chi connectivity index (χ2v) is 5.31. The molecule has 0 heterocycles. The molecule has 0 saturated heterocycles. The second kappa shape index (κ2) is 5.80. The molecule has 2 aromatic carbocycles. The maximum absolute atomic E-state index is 13.5. The van der Waals surface area contributed by atoms with Gasteiger partial charge in [0.05, 0.1) is 10.5 Å². The topological polar surface area (TPSA) is 12.0 Å². The number of nitrogens with one attached hydrogen (secondary N) is 1. The average Bonchev–Trinajstić information content (AvgIpc) is 2.33. The summed E-state index contributed by atoms with van der Waals surface area (Å²) in [6, 6.07) is 9.52. The predicted octanol–water partition coefficient (Wildman–Crippen LogP) is 4.34. The van der Waals surface area contributed by atoms with Crippen LogP contribution < -0.4 is 5.32 Å². The SMILES string of the molecule is CNC(c1cc(C)cc(F)c1)c1ccc(F)c(Br)c1. The zero-order chi connectivity index (χ0) is 14.0. The van der Waals surface area contributed by atoms with E-state index in [4.69, 9.17) is 0 Å². The van der Waals surface area contributed by atoms with E-state index in [0.29, 0.717) is 4.47 Å². The first-order valence-electron chi connectivity index (χ1n) is 5.90. The molecule has 0 amide bonds. The van der Waals surface area contributed by atoms with Crippen molar-refractivity contribution in [2.75, 3.05) is 7.05 Å². The standard InChI is InChI=1S/C15H14BrF2N/c1-9-5-11(7-12(17)6-9)15(19-2)10-3-4-14(18)13(16)8-10/h3-8,15,19H,1-2H3. The number of hydrogen-bond donors (Lipinski definition) is 1. The number of benzene rings is 2. The van der Waals surface area contributed by atoms with Crippen molar-refractivity contribution in [3.05, 3.63) is 69.2 Å². The lowest BCUT2D eigenvalue weighted by Crippen LogP contribution is -2.18. The molecule has 1 atom stereocenters. The maximum Gasteiger partial charge on any atom is 0.137 e. The van der Waals surface area contributed by atoms with Gasteiger partial charge in [-0.1, -0.05) is 12.1 Å². The molecule has 1 unspecified atom stereocenters. The van der Waals surface area contributed by atoms with Crippen molar-refractivity contribution in [3.8, 4) is 0 Å². The van der Waals surface area contributed by atoms with Crippen molar-refractivity contribution in [3.63, 3.8) is 0 Å². The molecular formula is C15H14BrF2N. The predicted molar refractivity (Wildman–Crippen MR) is 76.1 cm³/mol. The van der Waals surface area contributed by atoms with E-state index < -0.39 is 0 Å². The van der Waals surface area contributed by atoms with Crippen LogP contribution in [0.15, 0.2) is 40.9 Å². The molecule has 4 heteroatoms. The summed E-state index contributed by atoms with van der Waals surface area (Å²) in [5.41, 5.74) is 2.55. The number of rotatable bonds is 3. The first-order chi connectivity index (χ1) is 9.01. The Kier molecular flexibility index (Phi) is 4.32. The highest BCUT2D eigenvalue weighted by atomic mass is 79.9. The van der Waals surface area contributed by atoms with Crippen molar-refractivity contribution in [2.45, 2.75) is 13.0 Å². The Morgan fingerprint density at radius 2 is 1.79 bits per heavy atom. The van der Waals surface area contributed by atoms with Gasteiger partial charge in [0.25, 0.3) is 0 Å². The minimum Gasteiger partial charge on any atom is -0.309 e. The summed E-state index contributed by atoms with van der Waals surface area (Å²) in [5.74, 6) is -0.578. The molecule has 0 fully saturated rings. The Hall–Kier alpha value is -1.26. The maximum atomic E-state index is 13.5. The van der Waals surface area contributed by atoms with Gasteiger partial charge in [0.2, 0.25) is 0 Å². The lowest BCUT2D eigenvalue weighted by Gasteiger charge is -2.18. The molecule has 0 aliphatic carbocycles. The highest BCUT2D eigenvalue weighted by Gasteiger charge is 2.14. The van der Waals surface area contributed by atoms with E-state index in [0.717, 1.165) is 16.7 Å². The van der Waals surface area contributed by atoms with Crippen LogP contribution in [0.5, 0.6) is 0 Å². The minimum atomic E-state index is -0.311. The van der Waals surface area contributed by atoms with Crippen molar-refractivity contribution in [1.82, 2.24) is 5.32 Å². The summed E-state index contributed by atoms with van der Waals surface area (Å²) in [7, 11) is 1.79. The summed E-state index contributed by atoms with van der Waals surface area (Å²) in [6.07, 6.45) is 0. The normalized spacial score (nSPS) is 12.5. The summed E-state index contributed by atoms with van der Waals surface area (Å²) in [6.45, 7) is 1.85. The third-order valence-electron chi connectivity index (χ3n) is 2.96. The molecule has 19 heavy (non-hydrogen) atoms. The Balaban J connectivity index is 2.46. The van der Waals surface area contributed by atoms with E-state index in [9.17, 15) is 8.78 Å². The molecule has 2 rings (SSSR count). The van der Waals surface area contributed by atoms with Crippen LogP contribution in [0.2, 0.25) is 0 Å². The van der Waals surface area contributed by atoms with E-state index in [2.05, 4.69) is 21.2 Å². The minimum absolute atomic E-state index is 0.175. The van der Waals surface area contributed by atoms with Crippen molar-refractivity contribution in [1.29, 1.82) is 0 Å². The van der Waals surface area contributed by atoms with E-state index in [1.807, 2.05) is 13.0 Å². The van der Waals surface area contributed by atoms with E-state index >= 15 is 0 Å². The van der Waals surface area contributed by atoms with Gasteiger partial charge in [-0.3, -0.25) is 0 Å². The Morgan fingerprint density at radius 3 is 2.37 bits per heavy atom. The van der Waals surface area contributed by atoms with Gasteiger partial charge in [0.15, 0.2) is 0 Å². The molecule has 0 radical (unpaired) electrons. The van der Waals surface area contributed by atoms with Crippen molar-refractivity contribution < 1.29 is 8.78 Å². The van der Waals surface area contributed by atoms with Gasteiger partial charge in [-0.2, -0.15) is 0 Å². The van der Waals surface area contributed by atoms with Gasteiger partial charge in [0.1, 0.15) is 11.6 Å². The van der Waals surface area contributed by atoms with Gasteiger partial charge >= 0.3 is 0 Å². The number of hydrogen-bond acceptors (Lipinski definition) is 1. The van der Waals surface area contributed by atoms with Gasteiger partial charge in [-0.25, -0.2) is 8.78 Å². The molecule has 0 bridgehead atoms. The fourth-order valence-corrected chi connectivity index (χ4v) is 2.55. The fourth-order valence-electron chi connectivity index (χ4n) is 2.15. The Labute approximate surface area is 119 Å². The third-order valence-corrected chi connectivity index (χ3v) is 3.57. The Morgan fingerprint density at radius 1 is 1.05 bits per heavy atom. The number of halogens is 3. The molecule has 0 saturated carbocycles. The molecule has 0 aliphatic heterocycles. The van der Waals surface area contributed by atoms with E-state index in [-0.39, 0.29) is 17.7 Å². The van der Waals surface area contributed by atoms with Crippen LogP contribution in [0.4, 0.5) is 8.78 Å². The molecule has 100 valence electrons. The van der Waals surface area contributed by atoms with Crippen LogP contribution >= 0.6 is 15.9 Å². The largest absolute Gasteiger partial charge is 0.309 e. The zero-order valence-corrected chi connectivity index (χ0v) is 12.3. The first kappa shape index (κ1) is 14.2. The zero-order valence-electron chi connectivity index (χ0n) is 10.7. The van der Waals surface area contributed by atoms with Crippen molar-refractivity contribution in [2.24, 2.45) is 0 Å². The highest BCUT2D eigenvalue weighted by Crippen LogP contribution is 2.27. The molecule has 2 aromatic rings. The van der Waals surface area contributed by atoms with Crippen LogP contribution in [0.25, 0.3) is 0 Å². The summed E-state index contributed by atoms with van der Waals surface area (Å²) >= 11 is 3.17. The smallest absolute Gasteiger partial charge is 0.137 e. The lowest BCUT2D eigenvalue weighted by molar-refractivity contribution is 0.609. The average molecular weight is 326 g/mol. The van der Waals surface area contributed by atoms with Gasteiger partial charge in [-0.15, -0.1) is 0 Å². The molecule has 0 aliphatic rings. The van der Waals surface area contributed by atoms with Crippen LogP contribution in [0, 0.1) is 18.6 Å². The van der Waals surface area contributed by atoms with Crippen LogP contribution in [-0.2, 0) is 0 Å². The van der Waals surface area contributed by atoms with Crippen LogP contribution in [0.3, 0.4) is 0 Å². The van der Waals surface area contributed by atoms with Crippen LogP contribution in [-0.4, -0.2) is 7.05 Å². The Bertz CT molecular complexity index is 578. The molecule has 0 spiro atoms. The monoisotopic (exact) mass is 325 g/mol. The van der Waals surface area contributed by atoms with Gasteiger partial charge in [-0.05, 0) is 70.9 Å². The summed E-state index contributed by atoms with van der Waals surface area (Å²) < 4.78 is 27.2. The number of aryl methyl sites for hydroxylation is 1. The van der Waals surface area contributed by atoms with Gasteiger partial charge < -0.3 is 5.32 Å². The molecule has 1 nitrogen and oxygen atoms in total. The molecular weight excluding hydrogens is 312 g/mol. The van der Waals surface area contributed by atoms with Crippen LogP contribution in [0.1, 0.15) is 22.7 Å². The summed E-state index contributed by atoms with van der Waals surface area (Å²) in [5, 5.41) is 3.13. The van der Waals surface area contributed by atoms with E-state index in [1.54, 1.807) is 19.2 Å². The van der Waals surface area contributed by atoms with E-state index in [1.165, 1.54) is 18.2 Å². The quantitative estimate of drug-likeness (QED) is 0.884. The summed E-state index contributed by atoms with van der Waals surface area (Å²) in [4.78, 5) is 0. The second-order valence-electron chi connectivity index (χ2n) is 4.46. The first-order valence-corrected chi connectivity index (χ1v) is 6.70. The molecule has 1 N–H and O–H groups in total. The van der Waals surface area contributed by atoms with Gasteiger partial charge in [0, 0.05) is 0 Å². The fraction of sp³-hybridized carbons (Fsp3) is 0.200. The third kappa shape index (κ3) is 3.19. The molecule has 0 aromatic heterocycles. The highest BCUT2D eigenvalue weighted by molar-refractivity contribution is 9.10.